The molecule has 0 aliphatic rings. The standard InChI is InChI=1S/C5H5N5/c1-4-2-3-6-10-5(4)7-8-9-10/h2-3H,1H3/i3D. The van der Waals surface area contributed by atoms with E-state index < -0.39 is 0 Å². The zero-order valence-electron chi connectivity index (χ0n) is 6.31. The molecule has 0 spiro atoms. The topological polar surface area (TPSA) is 56.0 Å². The summed E-state index contributed by atoms with van der Waals surface area (Å²) in [6.07, 6.45) is 0.169. The molecular weight excluding hydrogens is 130 g/mol. The summed E-state index contributed by atoms with van der Waals surface area (Å²) in [4.78, 5) is 0. The lowest BCUT2D eigenvalue weighted by atomic mass is 10.3. The zero-order valence-corrected chi connectivity index (χ0v) is 5.31. The summed E-state index contributed by atoms with van der Waals surface area (Å²) in [5, 5.41) is 14.4. The van der Waals surface area contributed by atoms with Crippen molar-refractivity contribution in [3.63, 3.8) is 0 Å². The Morgan fingerprint density at radius 1 is 1.70 bits per heavy atom. The number of aryl methyl sites for hydroxylation is 1. The Morgan fingerprint density at radius 3 is 3.50 bits per heavy atom. The number of rotatable bonds is 0. The van der Waals surface area contributed by atoms with E-state index in [0.29, 0.717) is 5.65 Å². The van der Waals surface area contributed by atoms with E-state index in [1.165, 1.54) is 4.63 Å². The van der Waals surface area contributed by atoms with Crippen LogP contribution in [0.15, 0.2) is 12.2 Å². The van der Waals surface area contributed by atoms with Gasteiger partial charge in [0.15, 0.2) is 0 Å². The number of fused-ring (bicyclic) bond motifs is 1. The molecule has 0 bridgehead atoms. The van der Waals surface area contributed by atoms with Crippen LogP contribution >= 0.6 is 0 Å². The number of tetrazole rings is 1. The van der Waals surface area contributed by atoms with Crippen LogP contribution in [0.4, 0.5) is 0 Å². The SMILES string of the molecule is [2H]c1cc(C)c2nnnn2n1. The van der Waals surface area contributed by atoms with Gasteiger partial charge in [0.05, 0.1) is 7.54 Å². The fourth-order valence-electron chi connectivity index (χ4n) is 0.732. The summed E-state index contributed by atoms with van der Waals surface area (Å²) < 4.78 is 8.48. The highest BCUT2D eigenvalue weighted by atomic mass is 15.6. The number of aromatic nitrogens is 5. The minimum atomic E-state index is 0.169. The lowest BCUT2D eigenvalue weighted by Crippen LogP contribution is -1.93. The Kier molecular flexibility index (Phi) is 0.747. The molecule has 0 radical (unpaired) electrons. The van der Waals surface area contributed by atoms with Gasteiger partial charge in [0, 0.05) is 0 Å². The second-order valence-electron chi connectivity index (χ2n) is 1.95. The van der Waals surface area contributed by atoms with Gasteiger partial charge in [-0.25, -0.2) is 0 Å². The molecule has 0 unspecified atom stereocenters. The largest absolute Gasteiger partial charge is 0.202 e. The third kappa shape index (κ3) is 0.570. The monoisotopic (exact) mass is 136 g/mol. The van der Waals surface area contributed by atoms with Gasteiger partial charge in [-0.1, -0.05) is 0 Å². The Hall–Kier alpha value is -1.52. The predicted octanol–water partition coefficient (Wildman–Crippen LogP) is -0.172. The average molecular weight is 136 g/mol. The van der Waals surface area contributed by atoms with Crippen LogP contribution in [-0.4, -0.2) is 25.3 Å². The fraction of sp³-hybridized carbons (Fsp3) is 0.200. The molecule has 0 fully saturated rings. The molecule has 0 N–H and O–H groups in total. The Morgan fingerprint density at radius 2 is 2.60 bits per heavy atom. The van der Waals surface area contributed by atoms with Crippen molar-refractivity contribution in [2.24, 2.45) is 0 Å². The Labute approximate surface area is 58.1 Å². The van der Waals surface area contributed by atoms with Crippen LogP contribution in [0.5, 0.6) is 0 Å². The molecule has 2 rings (SSSR count). The van der Waals surface area contributed by atoms with E-state index in [2.05, 4.69) is 20.6 Å². The van der Waals surface area contributed by atoms with Gasteiger partial charge in [0.1, 0.15) is 0 Å². The minimum Gasteiger partial charge on any atom is -0.155 e. The lowest BCUT2D eigenvalue weighted by molar-refractivity contribution is 0.731. The van der Waals surface area contributed by atoms with Gasteiger partial charge in [-0.05, 0) is 29.0 Å². The van der Waals surface area contributed by atoms with Gasteiger partial charge in [-0.2, -0.15) is 5.10 Å². The summed E-state index contributed by atoms with van der Waals surface area (Å²) in [5.74, 6) is 0. The van der Waals surface area contributed by atoms with Crippen LogP contribution in [0.1, 0.15) is 6.93 Å². The van der Waals surface area contributed by atoms with E-state index in [4.69, 9.17) is 1.37 Å². The quantitative estimate of drug-likeness (QED) is 0.504. The maximum atomic E-state index is 7.23. The summed E-state index contributed by atoms with van der Waals surface area (Å²) in [6, 6.07) is 1.62. The zero-order chi connectivity index (χ0) is 7.84. The van der Waals surface area contributed by atoms with Crippen molar-refractivity contribution in [3.05, 3.63) is 17.8 Å². The molecule has 0 saturated heterocycles. The van der Waals surface area contributed by atoms with Gasteiger partial charge in [-0.15, -0.1) is 9.73 Å². The highest BCUT2D eigenvalue weighted by Crippen LogP contribution is 1.99. The molecule has 0 atom stereocenters. The van der Waals surface area contributed by atoms with Gasteiger partial charge >= 0.3 is 0 Å². The molecule has 2 aromatic rings. The molecule has 0 aliphatic heterocycles. The molecule has 2 aromatic heterocycles. The van der Waals surface area contributed by atoms with E-state index in [-0.39, 0.29) is 6.17 Å². The van der Waals surface area contributed by atoms with E-state index in [1.54, 1.807) is 6.07 Å². The van der Waals surface area contributed by atoms with E-state index >= 15 is 0 Å². The second kappa shape index (κ2) is 1.73. The first-order valence-corrected chi connectivity index (χ1v) is 2.80. The van der Waals surface area contributed by atoms with Crippen LogP contribution in [0.2, 0.25) is 0 Å². The molecule has 0 saturated carbocycles. The first kappa shape index (κ1) is 4.32. The molecule has 5 heteroatoms. The minimum absolute atomic E-state index is 0.169. The Balaban J connectivity index is 2.91. The van der Waals surface area contributed by atoms with Crippen molar-refractivity contribution in [3.8, 4) is 0 Å². The highest BCUT2D eigenvalue weighted by Gasteiger charge is 1.97. The third-order valence-electron chi connectivity index (χ3n) is 1.24. The number of hydrogen-bond acceptors (Lipinski definition) is 4. The maximum Gasteiger partial charge on any atom is 0.202 e. The molecule has 50 valence electrons. The van der Waals surface area contributed by atoms with Crippen molar-refractivity contribution in [1.29, 1.82) is 0 Å². The normalized spacial score (nSPS) is 11.9. The molecule has 0 amide bonds. The van der Waals surface area contributed by atoms with Crippen molar-refractivity contribution >= 4 is 5.65 Å². The van der Waals surface area contributed by atoms with Crippen molar-refractivity contribution < 1.29 is 1.37 Å². The van der Waals surface area contributed by atoms with E-state index in [9.17, 15) is 0 Å². The van der Waals surface area contributed by atoms with Gasteiger partial charge in [0.2, 0.25) is 5.65 Å². The number of hydrogen-bond donors (Lipinski definition) is 0. The van der Waals surface area contributed by atoms with Gasteiger partial charge in [0.25, 0.3) is 0 Å². The van der Waals surface area contributed by atoms with E-state index in [1.807, 2.05) is 6.92 Å². The third-order valence-corrected chi connectivity index (χ3v) is 1.24. The molecule has 10 heavy (non-hydrogen) atoms. The summed E-state index contributed by atoms with van der Waals surface area (Å²) in [6.45, 7) is 1.84. The highest BCUT2D eigenvalue weighted by molar-refractivity contribution is 5.41. The second-order valence-corrected chi connectivity index (χ2v) is 1.95. The maximum absolute atomic E-state index is 7.23. The average Bonchev–Trinajstić information content (AvgIpc) is 2.34. The first-order chi connectivity index (χ1) is 5.27. The van der Waals surface area contributed by atoms with Crippen molar-refractivity contribution in [1.82, 2.24) is 25.3 Å². The van der Waals surface area contributed by atoms with Crippen LogP contribution in [-0.2, 0) is 0 Å². The predicted molar refractivity (Wildman–Crippen MR) is 33.3 cm³/mol. The van der Waals surface area contributed by atoms with Crippen LogP contribution in [0.3, 0.4) is 0 Å². The van der Waals surface area contributed by atoms with E-state index in [0.717, 1.165) is 5.56 Å². The summed E-state index contributed by atoms with van der Waals surface area (Å²) in [7, 11) is 0. The van der Waals surface area contributed by atoms with Crippen LogP contribution in [0, 0.1) is 6.92 Å². The van der Waals surface area contributed by atoms with Crippen LogP contribution < -0.4 is 0 Å². The lowest BCUT2D eigenvalue weighted by Gasteiger charge is -1.89. The molecule has 0 aromatic carbocycles. The van der Waals surface area contributed by atoms with Crippen LogP contribution in [0.25, 0.3) is 5.65 Å². The van der Waals surface area contributed by atoms with Gasteiger partial charge < -0.3 is 0 Å². The molecule has 2 heterocycles. The Bertz CT molecular complexity index is 395. The van der Waals surface area contributed by atoms with Crippen molar-refractivity contribution in [2.45, 2.75) is 6.92 Å². The summed E-state index contributed by atoms with van der Waals surface area (Å²) >= 11 is 0. The van der Waals surface area contributed by atoms with Crippen molar-refractivity contribution in [2.75, 3.05) is 0 Å². The molecular formula is C5H5N5. The molecule has 0 aliphatic carbocycles. The smallest absolute Gasteiger partial charge is 0.155 e. The molecule has 5 nitrogen and oxygen atoms in total. The number of nitrogens with zero attached hydrogens (tertiary/aromatic N) is 5. The first-order valence-electron chi connectivity index (χ1n) is 3.30. The summed E-state index contributed by atoms with van der Waals surface area (Å²) in [5.41, 5.74) is 1.45. The van der Waals surface area contributed by atoms with Gasteiger partial charge in [-0.3, -0.25) is 0 Å². The fourth-order valence-corrected chi connectivity index (χ4v) is 0.732.